The lowest BCUT2D eigenvalue weighted by atomic mass is 10.0. The van der Waals surface area contributed by atoms with Crippen LogP contribution in [-0.2, 0) is 16.1 Å². The minimum atomic E-state index is -0.534. The normalized spacial score (nSPS) is 10.7. The maximum absolute atomic E-state index is 12.9. The predicted octanol–water partition coefficient (Wildman–Crippen LogP) is 6.85. The topological polar surface area (TPSA) is 92.3 Å². The fraction of sp³-hybridized carbons (Fsp3) is 0.188. The van der Waals surface area contributed by atoms with Crippen LogP contribution in [0.4, 0.5) is 5.00 Å². The number of nitrogens with one attached hydrogen (secondary N) is 1. The van der Waals surface area contributed by atoms with Gasteiger partial charge >= 0.3 is 5.97 Å². The van der Waals surface area contributed by atoms with Gasteiger partial charge in [-0.2, -0.15) is 0 Å². The van der Waals surface area contributed by atoms with Gasteiger partial charge in [0.2, 0.25) is 5.91 Å². The quantitative estimate of drug-likeness (QED) is 0.146. The van der Waals surface area contributed by atoms with Gasteiger partial charge in [-0.1, -0.05) is 42.5 Å². The van der Waals surface area contributed by atoms with Crippen LogP contribution in [0, 0.1) is 0 Å². The van der Waals surface area contributed by atoms with Crippen molar-refractivity contribution in [1.82, 2.24) is 0 Å². The molecule has 1 N–H and O–H groups in total. The third kappa shape index (κ3) is 7.26. The first-order valence-electron chi connectivity index (χ1n) is 12.8. The molecule has 9 heteroatoms. The van der Waals surface area contributed by atoms with E-state index in [2.05, 4.69) is 5.32 Å². The Bertz CT molecular complexity index is 1530. The van der Waals surface area contributed by atoms with Crippen LogP contribution in [0.25, 0.3) is 17.2 Å². The highest BCUT2D eigenvalue weighted by Crippen LogP contribution is 2.39. The van der Waals surface area contributed by atoms with E-state index in [0.29, 0.717) is 40.2 Å². The molecule has 0 spiro atoms. The van der Waals surface area contributed by atoms with Crippen molar-refractivity contribution < 1.29 is 33.3 Å². The average Bonchev–Trinajstić information content (AvgIpc) is 3.42. The predicted molar refractivity (Wildman–Crippen MR) is 160 cm³/mol. The molecule has 41 heavy (non-hydrogen) atoms. The first-order valence-corrected chi connectivity index (χ1v) is 13.7. The molecule has 0 radical (unpaired) electrons. The number of esters is 1. The van der Waals surface area contributed by atoms with Gasteiger partial charge in [0.1, 0.15) is 17.2 Å². The Hall–Kier alpha value is -4.76. The van der Waals surface area contributed by atoms with Gasteiger partial charge in [0.15, 0.2) is 23.0 Å². The number of carbonyl (C=O) groups excluding carboxylic acids is 2. The van der Waals surface area contributed by atoms with Crippen LogP contribution in [0.1, 0.15) is 28.4 Å². The lowest BCUT2D eigenvalue weighted by Gasteiger charge is -2.11. The monoisotopic (exact) mass is 573 g/mol. The number of methoxy groups -OCH3 is 3. The van der Waals surface area contributed by atoms with Crippen molar-refractivity contribution >= 4 is 34.3 Å². The summed E-state index contributed by atoms with van der Waals surface area (Å²) in [5, 5.41) is 5.00. The van der Waals surface area contributed by atoms with Crippen LogP contribution in [0.2, 0.25) is 0 Å². The van der Waals surface area contributed by atoms with Crippen molar-refractivity contribution in [3.63, 3.8) is 0 Å². The Morgan fingerprint density at radius 3 is 2.27 bits per heavy atom. The van der Waals surface area contributed by atoms with Gasteiger partial charge in [-0.15, -0.1) is 11.3 Å². The van der Waals surface area contributed by atoms with E-state index in [9.17, 15) is 9.59 Å². The highest BCUT2D eigenvalue weighted by atomic mass is 32.1. The number of ether oxygens (including phenoxy) is 5. The Balaban J connectivity index is 1.52. The van der Waals surface area contributed by atoms with E-state index in [4.69, 9.17) is 23.7 Å². The van der Waals surface area contributed by atoms with Crippen molar-refractivity contribution in [2.45, 2.75) is 13.5 Å². The zero-order valence-electron chi connectivity index (χ0n) is 23.3. The zero-order chi connectivity index (χ0) is 29.2. The standard InChI is InChI=1S/C32H31NO7S/c1-5-39-32(35)30-24(23-13-15-25(36-2)28(18-23)38-4)20-41-31(30)33-29(34)16-12-21-11-14-26(27(17-21)37-3)40-19-22-9-7-6-8-10-22/h6-18,20H,5,19H2,1-4H3,(H,33,34)/b16-12+. The smallest absolute Gasteiger partial charge is 0.341 e. The first-order chi connectivity index (χ1) is 20.0. The lowest BCUT2D eigenvalue weighted by Crippen LogP contribution is -2.12. The maximum atomic E-state index is 12.9. The third-order valence-electron chi connectivity index (χ3n) is 6.05. The van der Waals surface area contributed by atoms with Crippen molar-refractivity contribution in [2.24, 2.45) is 0 Å². The second kappa shape index (κ2) is 14.0. The number of thiophene rings is 1. The number of anilines is 1. The van der Waals surface area contributed by atoms with E-state index >= 15 is 0 Å². The molecule has 4 rings (SSSR count). The highest BCUT2D eigenvalue weighted by molar-refractivity contribution is 7.15. The van der Waals surface area contributed by atoms with E-state index in [1.807, 2.05) is 42.5 Å². The van der Waals surface area contributed by atoms with E-state index in [-0.39, 0.29) is 12.2 Å². The molecule has 1 heterocycles. The molecule has 0 aliphatic heterocycles. The van der Waals surface area contributed by atoms with E-state index in [1.54, 1.807) is 64.0 Å². The van der Waals surface area contributed by atoms with Gasteiger partial charge in [-0.05, 0) is 54.0 Å². The number of amides is 1. The number of carbonyl (C=O) groups is 2. The molecule has 0 aliphatic rings. The van der Waals surface area contributed by atoms with Crippen molar-refractivity contribution in [3.8, 4) is 34.1 Å². The Morgan fingerprint density at radius 2 is 1.56 bits per heavy atom. The fourth-order valence-electron chi connectivity index (χ4n) is 4.04. The van der Waals surface area contributed by atoms with Crippen LogP contribution in [0.15, 0.2) is 78.2 Å². The van der Waals surface area contributed by atoms with Crippen LogP contribution >= 0.6 is 11.3 Å². The van der Waals surface area contributed by atoms with Gasteiger partial charge in [-0.25, -0.2) is 4.79 Å². The van der Waals surface area contributed by atoms with E-state index in [0.717, 1.165) is 16.7 Å². The summed E-state index contributed by atoms with van der Waals surface area (Å²) in [6, 6.07) is 20.6. The zero-order valence-corrected chi connectivity index (χ0v) is 24.1. The van der Waals surface area contributed by atoms with E-state index < -0.39 is 11.9 Å². The maximum Gasteiger partial charge on any atom is 0.341 e. The van der Waals surface area contributed by atoms with Crippen LogP contribution in [-0.4, -0.2) is 39.8 Å². The fourth-order valence-corrected chi connectivity index (χ4v) is 5.00. The largest absolute Gasteiger partial charge is 0.493 e. The highest BCUT2D eigenvalue weighted by Gasteiger charge is 2.23. The summed E-state index contributed by atoms with van der Waals surface area (Å²) in [7, 11) is 4.66. The molecule has 0 atom stereocenters. The average molecular weight is 574 g/mol. The number of hydrogen-bond acceptors (Lipinski definition) is 8. The minimum Gasteiger partial charge on any atom is -0.493 e. The molecule has 1 amide bonds. The van der Waals surface area contributed by atoms with Crippen molar-refractivity contribution in [3.05, 3.63) is 94.9 Å². The molecule has 1 aromatic heterocycles. The Morgan fingerprint density at radius 1 is 0.854 bits per heavy atom. The Kier molecular flexibility index (Phi) is 10.0. The number of hydrogen-bond donors (Lipinski definition) is 1. The van der Waals surface area contributed by atoms with E-state index in [1.165, 1.54) is 17.4 Å². The molecule has 0 saturated carbocycles. The summed E-state index contributed by atoms with van der Waals surface area (Å²) in [4.78, 5) is 25.8. The number of rotatable bonds is 12. The van der Waals surface area contributed by atoms with Gasteiger partial charge in [0, 0.05) is 17.0 Å². The SMILES string of the molecule is CCOC(=O)c1c(-c2ccc(OC)c(OC)c2)csc1NC(=O)/C=C/c1ccc(OCc2ccccc2)c(OC)c1. The number of benzene rings is 3. The summed E-state index contributed by atoms with van der Waals surface area (Å²) >= 11 is 1.23. The second-order valence-electron chi connectivity index (χ2n) is 8.65. The molecule has 8 nitrogen and oxygen atoms in total. The summed E-state index contributed by atoms with van der Waals surface area (Å²) in [6.45, 7) is 2.33. The molecular weight excluding hydrogens is 542 g/mol. The van der Waals surface area contributed by atoms with Gasteiger partial charge in [0.25, 0.3) is 0 Å². The third-order valence-corrected chi connectivity index (χ3v) is 6.95. The summed E-state index contributed by atoms with van der Waals surface area (Å²) in [6.07, 6.45) is 3.05. The summed E-state index contributed by atoms with van der Waals surface area (Å²) in [5.74, 6) is 1.29. The first kappa shape index (κ1) is 29.2. The molecule has 0 unspecified atom stereocenters. The molecule has 3 aromatic carbocycles. The van der Waals surface area contributed by atoms with Crippen molar-refractivity contribution in [1.29, 1.82) is 0 Å². The Labute approximate surface area is 243 Å². The summed E-state index contributed by atoms with van der Waals surface area (Å²) in [5.41, 5.74) is 3.39. The van der Waals surface area contributed by atoms with Crippen LogP contribution in [0.5, 0.6) is 23.0 Å². The second-order valence-corrected chi connectivity index (χ2v) is 9.53. The van der Waals surface area contributed by atoms with Gasteiger partial charge in [0.05, 0.1) is 27.9 Å². The molecule has 0 saturated heterocycles. The lowest BCUT2D eigenvalue weighted by molar-refractivity contribution is -0.111. The molecule has 4 aromatic rings. The van der Waals surface area contributed by atoms with Crippen LogP contribution in [0.3, 0.4) is 0 Å². The van der Waals surface area contributed by atoms with Gasteiger partial charge < -0.3 is 29.0 Å². The summed E-state index contributed by atoms with van der Waals surface area (Å²) < 4.78 is 27.4. The van der Waals surface area contributed by atoms with Gasteiger partial charge in [-0.3, -0.25) is 4.79 Å². The molecule has 0 fully saturated rings. The molecular formula is C32H31NO7S. The molecule has 212 valence electrons. The molecule has 0 bridgehead atoms. The van der Waals surface area contributed by atoms with Crippen molar-refractivity contribution in [2.75, 3.05) is 33.3 Å². The van der Waals surface area contributed by atoms with Crippen LogP contribution < -0.4 is 24.3 Å². The molecule has 0 aliphatic carbocycles. The minimum absolute atomic E-state index is 0.195.